The maximum absolute atomic E-state index is 11.8. The van der Waals surface area contributed by atoms with Gasteiger partial charge in [-0.1, -0.05) is 24.6 Å². The summed E-state index contributed by atoms with van der Waals surface area (Å²) in [5, 5.41) is 10.3. The number of carbonyl (C=O) groups excluding carboxylic acids is 1. The highest BCUT2D eigenvalue weighted by atomic mass is 16.3. The summed E-state index contributed by atoms with van der Waals surface area (Å²) in [5.74, 6) is 2.57. The molecule has 0 aliphatic heterocycles. The summed E-state index contributed by atoms with van der Waals surface area (Å²) >= 11 is 0. The quantitative estimate of drug-likeness (QED) is 0.780. The van der Waals surface area contributed by atoms with Crippen molar-refractivity contribution in [2.45, 2.75) is 45.4 Å². The van der Waals surface area contributed by atoms with Gasteiger partial charge in [0.25, 0.3) is 0 Å². The first kappa shape index (κ1) is 15.4. The van der Waals surface area contributed by atoms with Crippen LogP contribution in [0.4, 0.5) is 0 Å². The molecule has 0 unspecified atom stereocenters. The van der Waals surface area contributed by atoms with Crippen molar-refractivity contribution >= 4 is 5.78 Å². The van der Waals surface area contributed by atoms with Crippen molar-refractivity contribution in [1.29, 1.82) is 0 Å². The Morgan fingerprint density at radius 2 is 2.13 bits per heavy atom. The Bertz CT molecular complexity index is 601. The Kier molecular flexibility index (Phi) is 3.46. The Morgan fingerprint density at radius 1 is 1.30 bits per heavy atom. The zero-order valence-corrected chi connectivity index (χ0v) is 14.1. The van der Waals surface area contributed by atoms with Crippen molar-refractivity contribution in [2.24, 2.45) is 34.5 Å². The first-order valence-corrected chi connectivity index (χ1v) is 9.23. The molecule has 0 spiro atoms. The van der Waals surface area contributed by atoms with Crippen LogP contribution in [-0.4, -0.2) is 17.5 Å². The van der Waals surface area contributed by atoms with Gasteiger partial charge in [0.05, 0.1) is 0 Å². The van der Waals surface area contributed by atoms with Crippen LogP contribution in [0, 0.1) is 34.5 Å². The highest BCUT2D eigenvalue weighted by molar-refractivity contribution is 6.01. The average molecular weight is 312 g/mol. The Morgan fingerprint density at radius 3 is 2.87 bits per heavy atom. The fraction of sp³-hybridized carbons (Fsp3) is 0.667. The van der Waals surface area contributed by atoms with Crippen LogP contribution in [0.1, 0.15) is 45.4 Å². The highest BCUT2D eigenvalue weighted by Crippen LogP contribution is 2.66. The highest BCUT2D eigenvalue weighted by Gasteiger charge is 2.59. The van der Waals surface area contributed by atoms with Crippen molar-refractivity contribution in [3.63, 3.8) is 0 Å². The lowest BCUT2D eigenvalue weighted by molar-refractivity contribution is -0.111. The molecular weight excluding hydrogens is 284 g/mol. The van der Waals surface area contributed by atoms with Crippen LogP contribution in [0.5, 0.6) is 0 Å². The molecule has 0 bridgehead atoms. The van der Waals surface area contributed by atoms with E-state index in [1.165, 1.54) is 31.3 Å². The third-order valence-corrected chi connectivity index (χ3v) is 7.92. The molecule has 124 valence electrons. The molecule has 2 heteroatoms. The second-order valence-electron chi connectivity index (χ2n) is 8.45. The van der Waals surface area contributed by atoms with E-state index in [9.17, 15) is 9.90 Å². The van der Waals surface area contributed by atoms with Crippen molar-refractivity contribution in [2.75, 3.05) is 6.61 Å². The SMILES string of the molecule is C=C[C@H]1CC[C@H]2[C@@H]3CCC4=CC(=O)C=C[C@]4(C)[C@@H]3CC[C@]12CO. The van der Waals surface area contributed by atoms with Gasteiger partial charge < -0.3 is 5.11 Å². The molecule has 0 aromatic heterocycles. The molecule has 3 saturated carbocycles. The Labute approximate surface area is 139 Å². The predicted octanol–water partition coefficient (Wildman–Crippen LogP) is 4.07. The molecule has 0 heterocycles. The normalized spacial score (nSPS) is 48.3. The number of hydrogen-bond donors (Lipinski definition) is 1. The third kappa shape index (κ3) is 1.94. The van der Waals surface area contributed by atoms with E-state index in [4.69, 9.17) is 0 Å². The van der Waals surface area contributed by atoms with Gasteiger partial charge in [-0.15, -0.1) is 6.58 Å². The zero-order chi connectivity index (χ0) is 16.2. The second-order valence-corrected chi connectivity index (χ2v) is 8.45. The summed E-state index contributed by atoms with van der Waals surface area (Å²) < 4.78 is 0. The number of rotatable bonds is 2. The van der Waals surface area contributed by atoms with Crippen molar-refractivity contribution in [3.05, 3.63) is 36.5 Å². The lowest BCUT2D eigenvalue weighted by atomic mass is 9.47. The van der Waals surface area contributed by atoms with Crippen molar-refractivity contribution < 1.29 is 9.90 Å². The minimum Gasteiger partial charge on any atom is -0.396 e. The molecule has 4 aliphatic rings. The molecule has 6 atom stereocenters. The second kappa shape index (κ2) is 5.17. The molecule has 23 heavy (non-hydrogen) atoms. The third-order valence-electron chi connectivity index (χ3n) is 7.92. The van der Waals surface area contributed by atoms with Gasteiger partial charge in [-0.3, -0.25) is 4.79 Å². The van der Waals surface area contributed by atoms with Gasteiger partial charge >= 0.3 is 0 Å². The molecule has 0 aromatic carbocycles. The topological polar surface area (TPSA) is 37.3 Å². The number of aliphatic hydroxyl groups is 1. The van der Waals surface area contributed by atoms with E-state index < -0.39 is 0 Å². The summed E-state index contributed by atoms with van der Waals surface area (Å²) in [6, 6.07) is 0. The van der Waals surface area contributed by atoms with Crippen LogP contribution in [0.3, 0.4) is 0 Å². The number of allylic oxidation sites excluding steroid dienone is 5. The Hall–Kier alpha value is -1.15. The molecule has 0 aromatic rings. The standard InChI is InChI=1S/C21H28O2/c1-3-14-5-7-19-17-6-4-15-12-16(23)8-10-20(15,2)18(17)9-11-21(14,19)13-22/h3,8,10,12,14,17-19,22H,1,4-7,9,11,13H2,2H3/t14-,17+,18+,19-,20-,21-/m0/s1. The molecule has 1 N–H and O–H groups in total. The van der Waals surface area contributed by atoms with Gasteiger partial charge in [0.1, 0.15) is 0 Å². The minimum atomic E-state index is 0.0602. The minimum absolute atomic E-state index is 0.0602. The molecule has 0 amide bonds. The molecule has 3 fully saturated rings. The molecule has 0 saturated heterocycles. The van der Waals surface area contributed by atoms with E-state index in [1.807, 2.05) is 6.08 Å². The van der Waals surface area contributed by atoms with Gasteiger partial charge in [0.2, 0.25) is 0 Å². The van der Waals surface area contributed by atoms with E-state index in [0.717, 1.165) is 12.8 Å². The monoisotopic (exact) mass is 312 g/mol. The van der Waals surface area contributed by atoms with Crippen LogP contribution >= 0.6 is 0 Å². The number of aliphatic hydroxyl groups excluding tert-OH is 1. The van der Waals surface area contributed by atoms with Gasteiger partial charge in [-0.2, -0.15) is 0 Å². The van der Waals surface area contributed by atoms with Gasteiger partial charge in [0, 0.05) is 17.4 Å². The fourth-order valence-electron chi connectivity index (χ4n) is 6.72. The molecule has 0 radical (unpaired) electrons. The summed E-state index contributed by atoms with van der Waals surface area (Å²) in [4.78, 5) is 11.8. The van der Waals surface area contributed by atoms with E-state index in [2.05, 4.69) is 25.7 Å². The van der Waals surface area contributed by atoms with E-state index >= 15 is 0 Å². The maximum atomic E-state index is 11.8. The van der Waals surface area contributed by atoms with Gasteiger partial charge in [-0.05, 0) is 74.3 Å². The zero-order valence-electron chi connectivity index (χ0n) is 14.1. The van der Waals surface area contributed by atoms with Crippen LogP contribution in [0.2, 0.25) is 0 Å². The maximum Gasteiger partial charge on any atom is 0.178 e. The van der Waals surface area contributed by atoms with E-state index in [-0.39, 0.29) is 16.6 Å². The van der Waals surface area contributed by atoms with Gasteiger partial charge in [0.15, 0.2) is 5.78 Å². The first-order chi connectivity index (χ1) is 11.0. The molecule has 2 nitrogen and oxygen atoms in total. The van der Waals surface area contributed by atoms with E-state index in [1.54, 1.807) is 6.08 Å². The largest absolute Gasteiger partial charge is 0.396 e. The van der Waals surface area contributed by atoms with Gasteiger partial charge in [-0.25, -0.2) is 0 Å². The lowest BCUT2D eigenvalue weighted by Crippen LogP contribution is -2.51. The van der Waals surface area contributed by atoms with E-state index in [0.29, 0.717) is 30.3 Å². The van der Waals surface area contributed by atoms with Crippen LogP contribution in [-0.2, 0) is 4.79 Å². The molecule has 4 aliphatic carbocycles. The molecular formula is C21H28O2. The van der Waals surface area contributed by atoms with Crippen LogP contribution in [0.25, 0.3) is 0 Å². The number of ketones is 1. The summed E-state index contributed by atoms with van der Waals surface area (Å²) in [6.07, 6.45) is 14.9. The predicted molar refractivity (Wildman–Crippen MR) is 91.7 cm³/mol. The number of hydrogen-bond acceptors (Lipinski definition) is 2. The number of fused-ring (bicyclic) bond motifs is 5. The smallest absolute Gasteiger partial charge is 0.178 e. The Balaban J connectivity index is 1.70. The molecule has 4 rings (SSSR count). The number of carbonyl (C=O) groups is 1. The first-order valence-electron chi connectivity index (χ1n) is 9.23. The lowest BCUT2D eigenvalue weighted by Gasteiger charge is -2.57. The van der Waals surface area contributed by atoms with Crippen molar-refractivity contribution in [3.8, 4) is 0 Å². The average Bonchev–Trinajstić information content (AvgIpc) is 2.94. The van der Waals surface area contributed by atoms with Crippen LogP contribution in [0.15, 0.2) is 36.5 Å². The van der Waals surface area contributed by atoms with Crippen LogP contribution < -0.4 is 0 Å². The summed E-state index contributed by atoms with van der Waals surface area (Å²) in [6.45, 7) is 6.70. The fourth-order valence-corrected chi connectivity index (χ4v) is 6.72. The van der Waals surface area contributed by atoms with Crippen molar-refractivity contribution in [1.82, 2.24) is 0 Å². The summed E-state index contributed by atoms with van der Waals surface area (Å²) in [7, 11) is 0. The summed E-state index contributed by atoms with van der Waals surface area (Å²) in [5.41, 5.74) is 1.49.